The molecule has 98 valence electrons. The molecule has 3 heteroatoms. The molecule has 1 aliphatic carbocycles. The van der Waals surface area contributed by atoms with E-state index in [9.17, 15) is 0 Å². The first-order valence-corrected chi connectivity index (χ1v) is 7.13. The van der Waals surface area contributed by atoms with E-state index in [2.05, 4.69) is 23.2 Å². The molecule has 3 rings (SSSR count). The predicted octanol–water partition coefficient (Wildman–Crippen LogP) is 2.35. The Hall–Kier alpha value is -1.09. The van der Waals surface area contributed by atoms with Crippen LogP contribution in [0, 0.1) is 18.8 Å². The lowest BCUT2D eigenvalue weighted by atomic mass is 10.0. The Morgan fingerprint density at radius 2 is 2.06 bits per heavy atom. The first-order chi connectivity index (χ1) is 8.78. The quantitative estimate of drug-likeness (QED) is 0.886. The Bertz CT molecular complexity index is 418. The molecule has 1 aliphatic heterocycles. The summed E-state index contributed by atoms with van der Waals surface area (Å²) in [5.74, 6) is 3.08. The van der Waals surface area contributed by atoms with Crippen molar-refractivity contribution in [3.8, 4) is 0 Å². The number of fused-ring (bicyclic) bond motifs is 1. The van der Waals surface area contributed by atoms with Crippen LogP contribution in [0.15, 0.2) is 12.3 Å². The average Bonchev–Trinajstić information content (AvgIpc) is 2.89. The van der Waals surface area contributed by atoms with Crippen LogP contribution in [0.2, 0.25) is 0 Å². The second-order valence-corrected chi connectivity index (χ2v) is 5.87. The Kier molecular flexibility index (Phi) is 3.25. The van der Waals surface area contributed by atoms with Crippen LogP contribution in [0.3, 0.4) is 0 Å². The van der Waals surface area contributed by atoms with Gasteiger partial charge in [0.25, 0.3) is 0 Å². The number of aromatic nitrogens is 1. The maximum absolute atomic E-state index is 4.69. The highest BCUT2D eigenvalue weighted by molar-refractivity contribution is 5.48. The van der Waals surface area contributed by atoms with Gasteiger partial charge in [-0.15, -0.1) is 0 Å². The second kappa shape index (κ2) is 4.88. The highest BCUT2D eigenvalue weighted by atomic mass is 15.2. The Labute approximate surface area is 110 Å². The summed E-state index contributed by atoms with van der Waals surface area (Å²) >= 11 is 0. The molecular weight excluding hydrogens is 222 g/mol. The van der Waals surface area contributed by atoms with E-state index in [1.54, 1.807) is 0 Å². The van der Waals surface area contributed by atoms with Crippen molar-refractivity contribution >= 4 is 5.82 Å². The molecule has 1 saturated heterocycles. The third kappa shape index (κ3) is 2.12. The topological polar surface area (TPSA) is 28.2 Å². The second-order valence-electron chi connectivity index (χ2n) is 5.87. The summed E-state index contributed by atoms with van der Waals surface area (Å²) in [4.78, 5) is 7.20. The summed E-state index contributed by atoms with van der Waals surface area (Å²) in [5.41, 5.74) is 2.60. The molecule has 2 aliphatic rings. The first-order valence-electron chi connectivity index (χ1n) is 7.13. The molecule has 1 N–H and O–H groups in total. The molecule has 2 heterocycles. The summed E-state index contributed by atoms with van der Waals surface area (Å²) in [6.45, 7) is 5.54. The lowest BCUT2D eigenvalue weighted by Crippen LogP contribution is -2.23. The molecule has 0 radical (unpaired) electrons. The molecular formula is C15H23N3. The molecule has 1 saturated carbocycles. The number of aryl methyl sites for hydroxylation is 1. The van der Waals surface area contributed by atoms with E-state index >= 15 is 0 Å². The molecule has 2 unspecified atom stereocenters. The van der Waals surface area contributed by atoms with Crippen molar-refractivity contribution in [2.75, 3.05) is 25.0 Å². The molecule has 0 amide bonds. The van der Waals surface area contributed by atoms with Gasteiger partial charge >= 0.3 is 0 Å². The summed E-state index contributed by atoms with van der Waals surface area (Å²) in [6, 6.07) is 2.27. The van der Waals surface area contributed by atoms with Crippen molar-refractivity contribution in [1.29, 1.82) is 0 Å². The smallest absolute Gasteiger partial charge is 0.131 e. The van der Waals surface area contributed by atoms with Crippen LogP contribution in [0.1, 0.15) is 30.4 Å². The van der Waals surface area contributed by atoms with E-state index in [1.165, 1.54) is 49.3 Å². The minimum Gasteiger partial charge on any atom is -0.356 e. The van der Waals surface area contributed by atoms with Crippen LogP contribution in [0.5, 0.6) is 0 Å². The molecule has 2 fully saturated rings. The number of hydrogen-bond donors (Lipinski definition) is 1. The zero-order valence-electron chi connectivity index (χ0n) is 11.4. The highest BCUT2D eigenvalue weighted by Gasteiger charge is 2.36. The SMILES string of the molecule is CNCc1cnc(N2CC3CCCC3C2)c(C)c1. The van der Waals surface area contributed by atoms with Crippen LogP contribution in [0.25, 0.3) is 0 Å². The molecule has 0 bridgehead atoms. The fourth-order valence-corrected chi connectivity index (χ4v) is 3.67. The van der Waals surface area contributed by atoms with Crippen molar-refractivity contribution < 1.29 is 0 Å². The van der Waals surface area contributed by atoms with Gasteiger partial charge in [0.05, 0.1) is 0 Å². The third-order valence-electron chi connectivity index (χ3n) is 4.51. The minimum absolute atomic E-state index is 0.902. The number of nitrogens with zero attached hydrogens (tertiary/aromatic N) is 2. The lowest BCUT2D eigenvalue weighted by Gasteiger charge is -2.21. The normalized spacial score (nSPS) is 26.7. The zero-order chi connectivity index (χ0) is 12.5. The Morgan fingerprint density at radius 3 is 2.67 bits per heavy atom. The number of anilines is 1. The summed E-state index contributed by atoms with van der Waals surface area (Å²) in [6.07, 6.45) is 6.32. The van der Waals surface area contributed by atoms with Crippen molar-refractivity contribution in [1.82, 2.24) is 10.3 Å². The van der Waals surface area contributed by atoms with Gasteiger partial charge in [-0.1, -0.05) is 6.42 Å². The Balaban J connectivity index is 1.76. The molecule has 0 spiro atoms. The molecule has 2 atom stereocenters. The number of rotatable bonds is 3. The first kappa shape index (κ1) is 12.0. The van der Waals surface area contributed by atoms with Gasteiger partial charge in [0.2, 0.25) is 0 Å². The van der Waals surface area contributed by atoms with E-state index in [-0.39, 0.29) is 0 Å². The lowest BCUT2D eigenvalue weighted by molar-refractivity contribution is 0.494. The number of pyridine rings is 1. The standard InChI is InChI=1S/C15H23N3/c1-11-6-12(7-16-2)8-17-15(11)18-9-13-4-3-5-14(13)10-18/h6,8,13-14,16H,3-5,7,9-10H2,1-2H3. The highest BCUT2D eigenvalue weighted by Crippen LogP contribution is 2.39. The van der Waals surface area contributed by atoms with Crippen LogP contribution < -0.4 is 10.2 Å². The van der Waals surface area contributed by atoms with E-state index < -0.39 is 0 Å². The predicted molar refractivity (Wildman–Crippen MR) is 74.8 cm³/mol. The van der Waals surface area contributed by atoms with Gasteiger partial charge in [-0.05, 0) is 55.8 Å². The third-order valence-corrected chi connectivity index (χ3v) is 4.51. The van der Waals surface area contributed by atoms with Crippen LogP contribution in [0.4, 0.5) is 5.82 Å². The number of nitrogens with one attached hydrogen (secondary N) is 1. The average molecular weight is 245 g/mol. The summed E-state index contributed by atoms with van der Waals surface area (Å²) < 4.78 is 0. The zero-order valence-corrected chi connectivity index (χ0v) is 11.4. The Morgan fingerprint density at radius 1 is 1.33 bits per heavy atom. The maximum Gasteiger partial charge on any atom is 0.131 e. The minimum atomic E-state index is 0.902. The molecule has 0 aromatic carbocycles. The van der Waals surface area contributed by atoms with Gasteiger partial charge in [0.15, 0.2) is 0 Å². The van der Waals surface area contributed by atoms with Crippen LogP contribution >= 0.6 is 0 Å². The van der Waals surface area contributed by atoms with Crippen LogP contribution in [-0.4, -0.2) is 25.1 Å². The van der Waals surface area contributed by atoms with E-state index in [0.717, 1.165) is 18.4 Å². The van der Waals surface area contributed by atoms with Gasteiger partial charge in [-0.25, -0.2) is 4.98 Å². The monoisotopic (exact) mass is 245 g/mol. The molecule has 3 nitrogen and oxygen atoms in total. The summed E-state index contributed by atoms with van der Waals surface area (Å²) in [5, 5.41) is 3.18. The number of hydrogen-bond acceptors (Lipinski definition) is 3. The van der Waals surface area contributed by atoms with Gasteiger partial charge in [-0.3, -0.25) is 0 Å². The van der Waals surface area contributed by atoms with E-state index in [0.29, 0.717) is 0 Å². The van der Waals surface area contributed by atoms with E-state index in [1.807, 2.05) is 13.2 Å². The van der Waals surface area contributed by atoms with Crippen molar-refractivity contribution in [2.24, 2.45) is 11.8 Å². The van der Waals surface area contributed by atoms with Gasteiger partial charge in [0, 0.05) is 25.8 Å². The largest absolute Gasteiger partial charge is 0.356 e. The molecule has 1 aromatic heterocycles. The van der Waals surface area contributed by atoms with Crippen LogP contribution in [-0.2, 0) is 6.54 Å². The fraction of sp³-hybridized carbons (Fsp3) is 0.667. The van der Waals surface area contributed by atoms with Crippen molar-refractivity contribution in [2.45, 2.75) is 32.7 Å². The van der Waals surface area contributed by atoms with Gasteiger partial charge in [0.1, 0.15) is 5.82 Å². The van der Waals surface area contributed by atoms with Gasteiger partial charge in [-0.2, -0.15) is 0 Å². The van der Waals surface area contributed by atoms with Crippen molar-refractivity contribution in [3.63, 3.8) is 0 Å². The molecule has 18 heavy (non-hydrogen) atoms. The molecule has 1 aromatic rings. The fourth-order valence-electron chi connectivity index (χ4n) is 3.67. The maximum atomic E-state index is 4.69. The van der Waals surface area contributed by atoms with E-state index in [4.69, 9.17) is 4.98 Å². The summed E-state index contributed by atoms with van der Waals surface area (Å²) in [7, 11) is 1.98. The van der Waals surface area contributed by atoms with Gasteiger partial charge < -0.3 is 10.2 Å². The van der Waals surface area contributed by atoms with Crippen molar-refractivity contribution in [3.05, 3.63) is 23.4 Å².